The fourth-order valence-corrected chi connectivity index (χ4v) is 2.25. The van der Waals surface area contributed by atoms with Crippen LogP contribution in [0.15, 0.2) is 65.5 Å². The van der Waals surface area contributed by atoms with E-state index in [4.69, 9.17) is 4.42 Å². The van der Waals surface area contributed by atoms with Gasteiger partial charge in [-0.3, -0.25) is 4.79 Å². The number of aryl methyl sites for hydroxylation is 1. The van der Waals surface area contributed by atoms with E-state index in [-0.39, 0.29) is 11.7 Å². The minimum Gasteiger partial charge on any atom is -0.444 e. The highest BCUT2D eigenvalue weighted by Gasteiger charge is 2.05. The number of amides is 1. The van der Waals surface area contributed by atoms with Crippen LogP contribution in [0.1, 0.15) is 12.0 Å². The molecule has 0 unspecified atom stereocenters. The van der Waals surface area contributed by atoms with Gasteiger partial charge in [-0.1, -0.05) is 12.1 Å². The van der Waals surface area contributed by atoms with Crippen LogP contribution in [0.25, 0.3) is 11.3 Å². The number of carbonyl (C=O) groups is 1. The Hall–Kier alpha value is -2.95. The molecule has 1 N–H and O–H groups in total. The minimum atomic E-state index is -0.286. The Balaban J connectivity index is 1.55. The van der Waals surface area contributed by atoms with Crippen molar-refractivity contribution in [3.8, 4) is 11.3 Å². The second kappa shape index (κ2) is 6.87. The quantitative estimate of drug-likeness (QED) is 0.773. The van der Waals surface area contributed by atoms with E-state index in [1.807, 2.05) is 18.2 Å². The zero-order chi connectivity index (χ0) is 16.1. The number of rotatable bonds is 5. The molecule has 0 aliphatic heterocycles. The number of anilines is 1. The predicted molar refractivity (Wildman–Crippen MR) is 85.3 cm³/mol. The zero-order valence-electron chi connectivity index (χ0n) is 12.3. The van der Waals surface area contributed by atoms with Crippen molar-refractivity contribution < 1.29 is 13.6 Å². The summed E-state index contributed by atoms with van der Waals surface area (Å²) in [6, 6.07) is 13.6. The van der Waals surface area contributed by atoms with Crippen LogP contribution in [0, 0.1) is 5.82 Å². The van der Waals surface area contributed by atoms with E-state index in [0.29, 0.717) is 24.3 Å². The molecule has 23 heavy (non-hydrogen) atoms. The van der Waals surface area contributed by atoms with Crippen LogP contribution in [0.2, 0.25) is 0 Å². The number of carbonyl (C=O) groups excluding carboxylic acids is 1. The van der Waals surface area contributed by atoms with Gasteiger partial charge in [-0.25, -0.2) is 9.37 Å². The van der Waals surface area contributed by atoms with Crippen molar-refractivity contribution >= 4 is 11.6 Å². The number of oxazole rings is 1. The summed E-state index contributed by atoms with van der Waals surface area (Å²) < 4.78 is 18.3. The maximum absolute atomic E-state index is 13.1. The lowest BCUT2D eigenvalue weighted by atomic mass is 10.1. The number of benzene rings is 2. The molecule has 0 bridgehead atoms. The van der Waals surface area contributed by atoms with E-state index in [9.17, 15) is 9.18 Å². The van der Waals surface area contributed by atoms with Gasteiger partial charge in [0.05, 0.1) is 6.20 Å². The summed E-state index contributed by atoms with van der Waals surface area (Å²) in [4.78, 5) is 15.8. The summed E-state index contributed by atoms with van der Waals surface area (Å²) in [5, 5.41) is 2.82. The van der Waals surface area contributed by atoms with E-state index in [2.05, 4.69) is 10.3 Å². The SMILES string of the molecule is O=C(CCc1cccc(F)c1)Nc1ccc(-c2cnco2)cc1. The molecule has 116 valence electrons. The Kier molecular flexibility index (Phi) is 4.47. The molecule has 1 amide bonds. The van der Waals surface area contributed by atoms with Crippen molar-refractivity contribution in [2.45, 2.75) is 12.8 Å². The molecule has 4 nitrogen and oxygen atoms in total. The molecule has 0 aliphatic carbocycles. The highest BCUT2D eigenvalue weighted by atomic mass is 19.1. The Labute approximate surface area is 133 Å². The summed E-state index contributed by atoms with van der Waals surface area (Å²) in [6.45, 7) is 0. The molecule has 3 rings (SSSR count). The van der Waals surface area contributed by atoms with Gasteiger partial charge in [0.2, 0.25) is 5.91 Å². The lowest BCUT2D eigenvalue weighted by Crippen LogP contribution is -2.12. The summed E-state index contributed by atoms with van der Waals surface area (Å²) >= 11 is 0. The molecule has 0 spiro atoms. The van der Waals surface area contributed by atoms with Crippen molar-refractivity contribution in [3.63, 3.8) is 0 Å². The smallest absolute Gasteiger partial charge is 0.224 e. The molecular formula is C18H15FN2O2. The van der Waals surface area contributed by atoms with Crippen LogP contribution in [-0.4, -0.2) is 10.9 Å². The van der Waals surface area contributed by atoms with Crippen molar-refractivity contribution in [1.82, 2.24) is 4.98 Å². The van der Waals surface area contributed by atoms with Gasteiger partial charge in [0.1, 0.15) is 5.82 Å². The summed E-state index contributed by atoms with van der Waals surface area (Å²) in [6.07, 6.45) is 3.80. The molecule has 3 aromatic rings. The minimum absolute atomic E-state index is 0.110. The highest BCUT2D eigenvalue weighted by Crippen LogP contribution is 2.20. The number of hydrogen-bond acceptors (Lipinski definition) is 3. The standard InChI is InChI=1S/C18H15FN2O2/c19-15-3-1-2-13(10-15)4-9-18(22)21-16-7-5-14(6-8-16)17-11-20-12-23-17/h1-3,5-8,10-12H,4,9H2,(H,21,22). The van der Waals surface area contributed by atoms with Crippen LogP contribution in [0.3, 0.4) is 0 Å². The number of aromatic nitrogens is 1. The molecule has 0 saturated carbocycles. The van der Waals surface area contributed by atoms with Crippen LogP contribution in [0.4, 0.5) is 10.1 Å². The summed E-state index contributed by atoms with van der Waals surface area (Å²) in [7, 11) is 0. The molecule has 0 saturated heterocycles. The second-order valence-electron chi connectivity index (χ2n) is 5.12. The molecule has 1 heterocycles. The number of nitrogens with one attached hydrogen (secondary N) is 1. The normalized spacial score (nSPS) is 10.5. The van der Waals surface area contributed by atoms with Gasteiger partial charge in [0.25, 0.3) is 0 Å². The first kappa shape index (κ1) is 15.0. The maximum atomic E-state index is 13.1. The van der Waals surface area contributed by atoms with Crippen molar-refractivity contribution in [2.75, 3.05) is 5.32 Å². The van der Waals surface area contributed by atoms with Gasteiger partial charge in [-0.05, 0) is 48.4 Å². The maximum Gasteiger partial charge on any atom is 0.224 e. The van der Waals surface area contributed by atoms with Crippen molar-refractivity contribution in [3.05, 3.63) is 72.5 Å². The predicted octanol–water partition coefficient (Wildman–Crippen LogP) is 4.05. The average Bonchev–Trinajstić information content (AvgIpc) is 3.08. The Morgan fingerprint density at radius 2 is 2.00 bits per heavy atom. The molecule has 0 radical (unpaired) electrons. The summed E-state index contributed by atoms with van der Waals surface area (Å²) in [5.74, 6) is 0.279. The molecule has 2 aromatic carbocycles. The third-order valence-electron chi connectivity index (χ3n) is 3.42. The molecule has 5 heteroatoms. The van der Waals surface area contributed by atoms with Crippen molar-refractivity contribution in [1.29, 1.82) is 0 Å². The van der Waals surface area contributed by atoms with Crippen molar-refractivity contribution in [2.24, 2.45) is 0 Å². The average molecular weight is 310 g/mol. The first-order chi connectivity index (χ1) is 11.2. The van der Waals surface area contributed by atoms with Gasteiger partial charge in [-0.15, -0.1) is 0 Å². The molecule has 0 aliphatic rings. The van der Waals surface area contributed by atoms with Crippen LogP contribution in [0.5, 0.6) is 0 Å². The Morgan fingerprint density at radius 3 is 2.70 bits per heavy atom. The van der Waals surface area contributed by atoms with Crippen LogP contribution < -0.4 is 5.32 Å². The lowest BCUT2D eigenvalue weighted by Gasteiger charge is -2.06. The fraction of sp³-hybridized carbons (Fsp3) is 0.111. The topological polar surface area (TPSA) is 55.1 Å². The van der Waals surface area contributed by atoms with E-state index < -0.39 is 0 Å². The number of halogens is 1. The van der Waals surface area contributed by atoms with E-state index in [0.717, 1.165) is 11.1 Å². The fourth-order valence-electron chi connectivity index (χ4n) is 2.25. The molecule has 0 atom stereocenters. The Bertz CT molecular complexity index is 783. The van der Waals surface area contributed by atoms with E-state index in [1.54, 1.807) is 24.4 Å². The van der Waals surface area contributed by atoms with E-state index >= 15 is 0 Å². The second-order valence-corrected chi connectivity index (χ2v) is 5.12. The van der Waals surface area contributed by atoms with Gasteiger partial charge < -0.3 is 9.73 Å². The molecular weight excluding hydrogens is 295 g/mol. The monoisotopic (exact) mass is 310 g/mol. The van der Waals surface area contributed by atoms with Crippen LogP contribution >= 0.6 is 0 Å². The third-order valence-corrected chi connectivity index (χ3v) is 3.42. The van der Waals surface area contributed by atoms with Gasteiger partial charge in [0, 0.05) is 17.7 Å². The molecule has 1 aromatic heterocycles. The summed E-state index contributed by atoms with van der Waals surface area (Å²) in [5.41, 5.74) is 2.40. The number of hydrogen-bond donors (Lipinski definition) is 1. The zero-order valence-corrected chi connectivity index (χ0v) is 12.3. The van der Waals surface area contributed by atoms with Gasteiger partial charge in [0.15, 0.2) is 12.2 Å². The molecule has 0 fully saturated rings. The van der Waals surface area contributed by atoms with Gasteiger partial charge >= 0.3 is 0 Å². The Morgan fingerprint density at radius 1 is 1.17 bits per heavy atom. The van der Waals surface area contributed by atoms with Gasteiger partial charge in [-0.2, -0.15) is 0 Å². The van der Waals surface area contributed by atoms with Crippen LogP contribution in [-0.2, 0) is 11.2 Å². The highest BCUT2D eigenvalue weighted by molar-refractivity contribution is 5.91. The first-order valence-electron chi connectivity index (χ1n) is 7.24. The van der Waals surface area contributed by atoms with E-state index in [1.165, 1.54) is 18.5 Å². The first-order valence-corrected chi connectivity index (χ1v) is 7.24. The lowest BCUT2D eigenvalue weighted by molar-refractivity contribution is -0.116. The largest absolute Gasteiger partial charge is 0.444 e. The third kappa shape index (κ3) is 4.03. The number of nitrogens with zero attached hydrogens (tertiary/aromatic N) is 1.